The minimum Gasteiger partial charge on any atom is -0.356 e. The maximum absolute atomic E-state index is 11.7. The second kappa shape index (κ2) is 7.06. The van der Waals surface area contributed by atoms with E-state index >= 15 is 0 Å². The molecule has 0 saturated heterocycles. The van der Waals surface area contributed by atoms with Gasteiger partial charge in [-0.2, -0.15) is 0 Å². The molecule has 0 aliphatic carbocycles. The minimum atomic E-state index is -0.179. The zero-order valence-corrected chi connectivity index (χ0v) is 11.2. The maximum Gasteiger partial charge on any atom is 0.252 e. The summed E-state index contributed by atoms with van der Waals surface area (Å²) < 4.78 is 0.746. The van der Waals surface area contributed by atoms with E-state index in [0.29, 0.717) is 25.1 Å². The van der Waals surface area contributed by atoms with Gasteiger partial charge in [0.2, 0.25) is 5.91 Å². The second-order valence-corrected chi connectivity index (χ2v) is 4.29. The topological polar surface area (TPSA) is 58.2 Å². The van der Waals surface area contributed by atoms with Crippen LogP contribution in [0.5, 0.6) is 0 Å². The molecule has 0 heterocycles. The molecule has 0 bridgehead atoms. The Morgan fingerprint density at radius 1 is 1.24 bits per heavy atom. The SMILES string of the molecule is CCNC(=O)CCNC(=O)c1ccccc1Br. The first-order valence-electron chi connectivity index (χ1n) is 5.44. The van der Waals surface area contributed by atoms with Crippen molar-refractivity contribution < 1.29 is 9.59 Å². The summed E-state index contributed by atoms with van der Waals surface area (Å²) in [5, 5.41) is 5.37. The number of carbonyl (C=O) groups is 2. The Kier molecular flexibility index (Phi) is 5.69. The highest BCUT2D eigenvalue weighted by Gasteiger charge is 2.08. The van der Waals surface area contributed by atoms with E-state index in [4.69, 9.17) is 0 Å². The summed E-state index contributed by atoms with van der Waals surface area (Å²) in [5.41, 5.74) is 0.573. The molecular weight excluding hydrogens is 284 g/mol. The summed E-state index contributed by atoms with van der Waals surface area (Å²) in [7, 11) is 0. The third-order valence-corrected chi connectivity index (χ3v) is 2.82. The van der Waals surface area contributed by atoms with Gasteiger partial charge in [-0.1, -0.05) is 12.1 Å². The lowest BCUT2D eigenvalue weighted by Gasteiger charge is -2.06. The molecule has 4 nitrogen and oxygen atoms in total. The first-order chi connectivity index (χ1) is 8.15. The number of carbonyl (C=O) groups excluding carboxylic acids is 2. The quantitative estimate of drug-likeness (QED) is 0.869. The highest BCUT2D eigenvalue weighted by molar-refractivity contribution is 9.10. The Morgan fingerprint density at radius 2 is 1.94 bits per heavy atom. The zero-order valence-electron chi connectivity index (χ0n) is 9.63. The standard InChI is InChI=1S/C12H15BrN2O2/c1-2-14-11(16)7-8-15-12(17)9-5-3-4-6-10(9)13/h3-6H,2,7-8H2,1H3,(H,14,16)(H,15,17). The number of halogens is 1. The largest absolute Gasteiger partial charge is 0.356 e. The van der Waals surface area contributed by atoms with Gasteiger partial charge in [-0.3, -0.25) is 9.59 Å². The van der Waals surface area contributed by atoms with Crippen molar-refractivity contribution >= 4 is 27.7 Å². The molecule has 0 unspecified atom stereocenters. The third kappa shape index (κ3) is 4.56. The van der Waals surface area contributed by atoms with Crippen LogP contribution in [0.1, 0.15) is 23.7 Å². The van der Waals surface area contributed by atoms with E-state index in [2.05, 4.69) is 26.6 Å². The Morgan fingerprint density at radius 3 is 2.59 bits per heavy atom. The third-order valence-electron chi connectivity index (χ3n) is 2.13. The summed E-state index contributed by atoms with van der Waals surface area (Å²) >= 11 is 3.30. The van der Waals surface area contributed by atoms with Crippen molar-refractivity contribution in [3.05, 3.63) is 34.3 Å². The molecule has 0 aromatic heterocycles. The van der Waals surface area contributed by atoms with Crippen LogP contribution in [-0.4, -0.2) is 24.9 Å². The number of amides is 2. The predicted octanol–water partition coefficient (Wildman–Crippen LogP) is 1.71. The molecule has 17 heavy (non-hydrogen) atoms. The van der Waals surface area contributed by atoms with Crippen LogP contribution in [-0.2, 0) is 4.79 Å². The maximum atomic E-state index is 11.7. The average molecular weight is 299 g/mol. The van der Waals surface area contributed by atoms with Crippen molar-refractivity contribution in [1.29, 1.82) is 0 Å². The summed E-state index contributed by atoms with van der Waals surface area (Å²) in [6.45, 7) is 2.81. The molecule has 0 aliphatic heterocycles. The summed E-state index contributed by atoms with van der Waals surface area (Å²) in [4.78, 5) is 22.9. The van der Waals surface area contributed by atoms with Crippen molar-refractivity contribution in [2.24, 2.45) is 0 Å². The Bertz CT molecular complexity index is 407. The van der Waals surface area contributed by atoms with Crippen LogP contribution in [0.3, 0.4) is 0 Å². The molecule has 0 fully saturated rings. The fraction of sp³-hybridized carbons (Fsp3) is 0.333. The van der Waals surface area contributed by atoms with Gasteiger partial charge in [0.05, 0.1) is 5.56 Å². The first-order valence-corrected chi connectivity index (χ1v) is 6.24. The number of nitrogens with one attached hydrogen (secondary N) is 2. The van der Waals surface area contributed by atoms with Crippen molar-refractivity contribution in [2.75, 3.05) is 13.1 Å². The lowest BCUT2D eigenvalue weighted by Crippen LogP contribution is -2.30. The van der Waals surface area contributed by atoms with Gasteiger partial charge in [-0.25, -0.2) is 0 Å². The van der Waals surface area contributed by atoms with Crippen LogP contribution < -0.4 is 10.6 Å². The molecular formula is C12H15BrN2O2. The smallest absolute Gasteiger partial charge is 0.252 e. The van der Waals surface area contributed by atoms with Gasteiger partial charge in [-0.15, -0.1) is 0 Å². The molecule has 0 radical (unpaired) electrons. The monoisotopic (exact) mass is 298 g/mol. The molecule has 2 N–H and O–H groups in total. The van der Waals surface area contributed by atoms with E-state index in [1.54, 1.807) is 18.2 Å². The molecule has 0 saturated carbocycles. The summed E-state index contributed by atoms with van der Waals surface area (Å²) in [6.07, 6.45) is 0.296. The Hall–Kier alpha value is -1.36. The van der Waals surface area contributed by atoms with E-state index in [-0.39, 0.29) is 11.8 Å². The lowest BCUT2D eigenvalue weighted by atomic mass is 10.2. The summed E-state index contributed by atoms with van der Waals surface area (Å²) in [6, 6.07) is 7.17. The van der Waals surface area contributed by atoms with Gasteiger partial charge in [-0.05, 0) is 35.0 Å². The highest BCUT2D eigenvalue weighted by atomic mass is 79.9. The molecule has 5 heteroatoms. The Labute approximate surface area is 109 Å². The molecule has 92 valence electrons. The molecule has 0 spiro atoms. The lowest BCUT2D eigenvalue weighted by molar-refractivity contribution is -0.120. The second-order valence-electron chi connectivity index (χ2n) is 3.44. The number of benzene rings is 1. The van der Waals surface area contributed by atoms with E-state index in [1.165, 1.54) is 0 Å². The first kappa shape index (κ1) is 13.7. The minimum absolute atomic E-state index is 0.0556. The molecule has 1 rings (SSSR count). The summed E-state index contributed by atoms with van der Waals surface area (Å²) in [5.74, 6) is -0.235. The molecule has 2 amide bonds. The van der Waals surface area contributed by atoms with Crippen LogP contribution in [0.25, 0.3) is 0 Å². The van der Waals surface area contributed by atoms with Gasteiger partial charge in [0.25, 0.3) is 5.91 Å². The van der Waals surface area contributed by atoms with Crippen molar-refractivity contribution in [1.82, 2.24) is 10.6 Å². The zero-order chi connectivity index (χ0) is 12.7. The van der Waals surface area contributed by atoms with E-state index in [9.17, 15) is 9.59 Å². The van der Waals surface area contributed by atoms with Crippen LogP contribution in [0.15, 0.2) is 28.7 Å². The fourth-order valence-corrected chi connectivity index (χ4v) is 1.78. The van der Waals surface area contributed by atoms with Gasteiger partial charge < -0.3 is 10.6 Å². The molecule has 0 atom stereocenters. The van der Waals surface area contributed by atoms with Crippen LogP contribution in [0.4, 0.5) is 0 Å². The van der Waals surface area contributed by atoms with Crippen LogP contribution in [0.2, 0.25) is 0 Å². The number of hydrogen-bond donors (Lipinski definition) is 2. The van der Waals surface area contributed by atoms with Gasteiger partial charge in [0.15, 0.2) is 0 Å². The molecule has 0 aliphatic rings. The number of rotatable bonds is 5. The van der Waals surface area contributed by atoms with E-state index < -0.39 is 0 Å². The average Bonchev–Trinajstić information content (AvgIpc) is 2.29. The normalized spacial score (nSPS) is 9.76. The van der Waals surface area contributed by atoms with Gasteiger partial charge in [0.1, 0.15) is 0 Å². The molecule has 1 aromatic carbocycles. The van der Waals surface area contributed by atoms with Gasteiger partial charge in [0, 0.05) is 24.0 Å². The van der Waals surface area contributed by atoms with Crippen molar-refractivity contribution in [3.63, 3.8) is 0 Å². The van der Waals surface area contributed by atoms with Crippen molar-refractivity contribution in [3.8, 4) is 0 Å². The highest BCUT2D eigenvalue weighted by Crippen LogP contribution is 2.15. The van der Waals surface area contributed by atoms with Gasteiger partial charge >= 0.3 is 0 Å². The fourth-order valence-electron chi connectivity index (χ4n) is 1.32. The van der Waals surface area contributed by atoms with Crippen molar-refractivity contribution in [2.45, 2.75) is 13.3 Å². The number of hydrogen-bond acceptors (Lipinski definition) is 2. The Balaban J connectivity index is 2.41. The molecule has 1 aromatic rings. The van der Waals surface area contributed by atoms with E-state index in [1.807, 2.05) is 13.0 Å². The van der Waals surface area contributed by atoms with Crippen LogP contribution in [0, 0.1) is 0 Å². The predicted molar refractivity (Wildman–Crippen MR) is 69.8 cm³/mol. The van der Waals surface area contributed by atoms with Crippen LogP contribution >= 0.6 is 15.9 Å². The van der Waals surface area contributed by atoms with E-state index in [0.717, 1.165) is 4.47 Å².